The number of amides is 1. The van der Waals surface area contributed by atoms with Crippen LogP contribution in [0.25, 0.3) is 0 Å². The van der Waals surface area contributed by atoms with Crippen LogP contribution in [0.3, 0.4) is 0 Å². The number of hydrogen-bond donors (Lipinski definition) is 0. The summed E-state index contributed by atoms with van der Waals surface area (Å²) in [5.74, 6) is 0.144. The normalized spacial score (nSPS) is 14.2. The lowest BCUT2D eigenvalue weighted by atomic mass is 10.1. The van der Waals surface area contributed by atoms with Crippen molar-refractivity contribution in [2.24, 2.45) is 0 Å². The third kappa shape index (κ3) is 2.33. The van der Waals surface area contributed by atoms with Gasteiger partial charge < -0.3 is 4.90 Å². The molecule has 3 rings (SSSR count). The highest BCUT2D eigenvalue weighted by Crippen LogP contribution is 2.23. The van der Waals surface area contributed by atoms with E-state index >= 15 is 0 Å². The summed E-state index contributed by atoms with van der Waals surface area (Å²) in [6.07, 6.45) is 0.891. The minimum Gasteiger partial charge on any atom is -0.338 e. The van der Waals surface area contributed by atoms with Gasteiger partial charge in [-0.3, -0.25) is 9.48 Å². The number of aromatic nitrogens is 2. The Bertz CT molecular complexity index is 631. The molecule has 0 N–H and O–H groups in total. The third-order valence-corrected chi connectivity index (χ3v) is 3.96. The molecule has 0 aliphatic carbocycles. The third-order valence-electron chi connectivity index (χ3n) is 3.96. The van der Waals surface area contributed by atoms with E-state index in [9.17, 15) is 4.79 Å². The number of fused-ring (bicyclic) bond motifs is 1. The maximum Gasteiger partial charge on any atom is 0.219 e. The molecule has 1 aromatic carbocycles. The molecule has 20 heavy (non-hydrogen) atoms. The number of hydrogen-bond acceptors (Lipinski definition) is 2. The van der Waals surface area contributed by atoms with Crippen molar-refractivity contribution in [2.45, 2.75) is 33.4 Å². The highest BCUT2D eigenvalue weighted by molar-refractivity contribution is 5.73. The molecule has 104 valence electrons. The van der Waals surface area contributed by atoms with Crippen molar-refractivity contribution in [3.05, 3.63) is 52.8 Å². The smallest absolute Gasteiger partial charge is 0.219 e. The van der Waals surface area contributed by atoms with Crippen LogP contribution in [-0.2, 0) is 24.3 Å². The quantitative estimate of drug-likeness (QED) is 0.838. The Morgan fingerprint density at radius 3 is 2.75 bits per heavy atom. The Morgan fingerprint density at radius 1 is 1.30 bits per heavy atom. The number of aryl methyl sites for hydroxylation is 1. The first-order valence-electron chi connectivity index (χ1n) is 6.99. The van der Waals surface area contributed by atoms with Crippen LogP contribution in [0.5, 0.6) is 0 Å². The average Bonchev–Trinajstić information content (AvgIpc) is 2.76. The van der Waals surface area contributed by atoms with E-state index in [4.69, 9.17) is 0 Å². The molecule has 0 atom stereocenters. The van der Waals surface area contributed by atoms with Gasteiger partial charge in [-0.15, -0.1) is 0 Å². The number of benzene rings is 1. The summed E-state index contributed by atoms with van der Waals surface area (Å²) < 4.78 is 2.09. The van der Waals surface area contributed by atoms with Crippen LogP contribution in [-0.4, -0.2) is 27.1 Å². The second-order valence-electron chi connectivity index (χ2n) is 5.34. The van der Waals surface area contributed by atoms with E-state index in [-0.39, 0.29) is 5.91 Å². The molecule has 1 amide bonds. The van der Waals surface area contributed by atoms with Crippen LogP contribution in [0.1, 0.15) is 29.4 Å². The summed E-state index contributed by atoms with van der Waals surface area (Å²) in [7, 11) is 0. The number of carbonyl (C=O) groups is 1. The molecular formula is C16H19N3O. The molecular weight excluding hydrogens is 250 g/mol. The highest BCUT2D eigenvalue weighted by Gasteiger charge is 2.24. The van der Waals surface area contributed by atoms with E-state index in [1.54, 1.807) is 6.92 Å². The predicted molar refractivity (Wildman–Crippen MR) is 77.3 cm³/mol. The minimum absolute atomic E-state index is 0.144. The van der Waals surface area contributed by atoms with Gasteiger partial charge in [0.15, 0.2) is 0 Å². The first kappa shape index (κ1) is 12.9. The highest BCUT2D eigenvalue weighted by atomic mass is 16.2. The maximum atomic E-state index is 11.5. The Labute approximate surface area is 119 Å². The van der Waals surface area contributed by atoms with Gasteiger partial charge in [-0.1, -0.05) is 30.3 Å². The summed E-state index contributed by atoms with van der Waals surface area (Å²) in [5.41, 5.74) is 4.81. The number of nitrogens with zero attached hydrogens (tertiary/aromatic N) is 3. The molecule has 0 spiro atoms. The van der Waals surface area contributed by atoms with E-state index in [1.807, 2.05) is 17.9 Å². The standard InChI is InChI=1S/C16H19N3O/c1-12-15-11-18(13(2)20)9-8-16(15)19(17-12)10-14-6-4-3-5-7-14/h3-7H,8-11H2,1-2H3. The lowest BCUT2D eigenvalue weighted by Crippen LogP contribution is -2.34. The first-order valence-corrected chi connectivity index (χ1v) is 6.99. The topological polar surface area (TPSA) is 38.1 Å². The van der Waals surface area contributed by atoms with Crippen molar-refractivity contribution in [1.29, 1.82) is 0 Å². The molecule has 1 aromatic heterocycles. The largest absolute Gasteiger partial charge is 0.338 e. The molecule has 2 aromatic rings. The zero-order chi connectivity index (χ0) is 14.1. The SMILES string of the molecule is CC(=O)N1CCc2c(c(C)nn2Cc2ccccc2)C1. The summed E-state index contributed by atoms with van der Waals surface area (Å²) in [6.45, 7) is 5.96. The van der Waals surface area contributed by atoms with Crippen LogP contribution in [0, 0.1) is 6.92 Å². The Morgan fingerprint density at radius 2 is 2.05 bits per heavy atom. The van der Waals surface area contributed by atoms with Crippen LogP contribution in [0.2, 0.25) is 0 Å². The maximum absolute atomic E-state index is 11.5. The molecule has 0 saturated heterocycles. The zero-order valence-corrected chi connectivity index (χ0v) is 12.0. The lowest BCUT2D eigenvalue weighted by Gasteiger charge is -2.26. The Balaban J connectivity index is 1.89. The van der Waals surface area contributed by atoms with Gasteiger partial charge in [-0.2, -0.15) is 5.10 Å². The Kier molecular flexibility index (Phi) is 3.30. The van der Waals surface area contributed by atoms with Crippen molar-refractivity contribution in [1.82, 2.24) is 14.7 Å². The monoisotopic (exact) mass is 269 g/mol. The van der Waals surface area contributed by atoms with Gasteiger partial charge >= 0.3 is 0 Å². The summed E-state index contributed by atoms with van der Waals surface area (Å²) in [6, 6.07) is 10.4. The van der Waals surface area contributed by atoms with E-state index in [1.165, 1.54) is 16.8 Å². The molecule has 0 fully saturated rings. The fourth-order valence-corrected chi connectivity index (χ4v) is 2.82. The van der Waals surface area contributed by atoms with Crippen LogP contribution < -0.4 is 0 Å². The van der Waals surface area contributed by atoms with Crippen LogP contribution in [0.15, 0.2) is 30.3 Å². The van der Waals surface area contributed by atoms with E-state index in [2.05, 4.69) is 34.0 Å². The van der Waals surface area contributed by atoms with Gasteiger partial charge in [0.05, 0.1) is 12.2 Å². The van der Waals surface area contributed by atoms with Crippen LogP contribution >= 0.6 is 0 Å². The van der Waals surface area contributed by atoms with E-state index < -0.39 is 0 Å². The fourth-order valence-electron chi connectivity index (χ4n) is 2.82. The molecule has 1 aliphatic rings. The van der Waals surface area contributed by atoms with Crippen LogP contribution in [0.4, 0.5) is 0 Å². The van der Waals surface area contributed by atoms with Gasteiger partial charge in [-0.25, -0.2) is 0 Å². The second kappa shape index (κ2) is 5.12. The van der Waals surface area contributed by atoms with Crippen molar-refractivity contribution in [2.75, 3.05) is 6.54 Å². The fraction of sp³-hybridized carbons (Fsp3) is 0.375. The van der Waals surface area contributed by atoms with Crippen molar-refractivity contribution in [3.8, 4) is 0 Å². The zero-order valence-electron chi connectivity index (χ0n) is 12.0. The molecule has 1 aliphatic heterocycles. The van der Waals surface area contributed by atoms with Crippen molar-refractivity contribution < 1.29 is 4.79 Å². The van der Waals surface area contributed by atoms with Crippen molar-refractivity contribution >= 4 is 5.91 Å². The lowest BCUT2D eigenvalue weighted by molar-refractivity contribution is -0.129. The minimum atomic E-state index is 0.144. The first-order chi connectivity index (χ1) is 9.65. The summed E-state index contributed by atoms with van der Waals surface area (Å²) in [4.78, 5) is 13.4. The number of carbonyl (C=O) groups excluding carboxylic acids is 1. The average molecular weight is 269 g/mol. The van der Waals surface area contributed by atoms with Gasteiger partial charge in [0.2, 0.25) is 5.91 Å². The Hall–Kier alpha value is -2.10. The molecule has 0 unspecified atom stereocenters. The van der Waals surface area contributed by atoms with E-state index in [0.29, 0.717) is 6.54 Å². The van der Waals surface area contributed by atoms with Gasteiger partial charge in [0.25, 0.3) is 0 Å². The molecule has 0 saturated carbocycles. The molecule has 0 bridgehead atoms. The summed E-state index contributed by atoms with van der Waals surface area (Å²) >= 11 is 0. The molecule has 2 heterocycles. The molecule has 4 heteroatoms. The van der Waals surface area contributed by atoms with Gasteiger partial charge in [0.1, 0.15) is 0 Å². The second-order valence-corrected chi connectivity index (χ2v) is 5.34. The predicted octanol–water partition coefficient (Wildman–Crippen LogP) is 2.14. The van der Waals surface area contributed by atoms with Gasteiger partial charge in [-0.05, 0) is 12.5 Å². The number of rotatable bonds is 2. The van der Waals surface area contributed by atoms with E-state index in [0.717, 1.165) is 25.2 Å². The molecule has 4 nitrogen and oxygen atoms in total. The molecule has 0 radical (unpaired) electrons. The van der Waals surface area contributed by atoms with Gasteiger partial charge in [0, 0.05) is 37.7 Å². The van der Waals surface area contributed by atoms with Crippen molar-refractivity contribution in [3.63, 3.8) is 0 Å². The summed E-state index contributed by atoms with van der Waals surface area (Å²) in [5, 5.41) is 4.66.